The molecule has 0 aromatic heterocycles. The van der Waals surface area contributed by atoms with E-state index in [4.69, 9.17) is 9.73 Å². The van der Waals surface area contributed by atoms with E-state index in [0.29, 0.717) is 25.8 Å². The molecule has 1 aliphatic carbocycles. The molecule has 0 unspecified atom stereocenters. The average Bonchev–Trinajstić information content (AvgIpc) is 3.21. The van der Waals surface area contributed by atoms with Crippen LogP contribution < -0.4 is 10.6 Å². The molecule has 150 valence electrons. The Labute approximate surface area is 185 Å². The van der Waals surface area contributed by atoms with Crippen LogP contribution in [0.5, 0.6) is 0 Å². The fourth-order valence-corrected chi connectivity index (χ4v) is 3.12. The van der Waals surface area contributed by atoms with Crippen molar-refractivity contribution in [1.29, 1.82) is 0 Å². The maximum atomic E-state index is 5.92. The predicted octanol–water partition coefficient (Wildman–Crippen LogP) is 4.80. The van der Waals surface area contributed by atoms with Crippen LogP contribution in [-0.4, -0.2) is 18.5 Å². The van der Waals surface area contributed by atoms with E-state index >= 15 is 0 Å². The van der Waals surface area contributed by atoms with Gasteiger partial charge < -0.3 is 15.4 Å². The number of nitrogens with zero attached hydrogens (tertiary/aromatic N) is 1. The van der Waals surface area contributed by atoms with Gasteiger partial charge in [-0.1, -0.05) is 66.7 Å². The first kappa shape index (κ1) is 22.4. The summed E-state index contributed by atoms with van der Waals surface area (Å²) in [7, 11) is 0. The van der Waals surface area contributed by atoms with Gasteiger partial charge in [-0.3, -0.25) is 0 Å². The van der Waals surface area contributed by atoms with Gasteiger partial charge >= 0.3 is 0 Å². The van der Waals surface area contributed by atoms with Gasteiger partial charge in [0.2, 0.25) is 0 Å². The predicted molar refractivity (Wildman–Crippen MR) is 127 cm³/mol. The topological polar surface area (TPSA) is 45.7 Å². The van der Waals surface area contributed by atoms with Crippen molar-refractivity contribution in [1.82, 2.24) is 10.6 Å². The lowest BCUT2D eigenvalue weighted by atomic mass is 10.1. The van der Waals surface area contributed by atoms with Crippen molar-refractivity contribution < 1.29 is 4.74 Å². The highest BCUT2D eigenvalue weighted by Gasteiger charge is 2.11. The van der Waals surface area contributed by atoms with Gasteiger partial charge in [0.25, 0.3) is 0 Å². The second kappa shape index (κ2) is 12.6. The molecule has 3 rings (SSSR count). The monoisotopic (exact) mass is 491 g/mol. The average molecular weight is 491 g/mol. The summed E-state index contributed by atoms with van der Waals surface area (Å²) in [5.41, 5.74) is 3.58. The Hall–Kier alpha value is -1.86. The lowest BCUT2D eigenvalue weighted by molar-refractivity contribution is 0.106. The number of benzene rings is 2. The van der Waals surface area contributed by atoms with Crippen molar-refractivity contribution >= 4 is 29.9 Å². The van der Waals surface area contributed by atoms with E-state index in [1.165, 1.54) is 16.7 Å². The number of hydrogen-bond donors (Lipinski definition) is 2. The molecule has 0 fully saturated rings. The Bertz CT molecular complexity index is 753. The number of rotatable bonds is 8. The van der Waals surface area contributed by atoms with Crippen LogP contribution in [0.25, 0.3) is 0 Å². The van der Waals surface area contributed by atoms with Crippen LogP contribution in [0.15, 0.2) is 71.7 Å². The minimum Gasteiger partial charge on any atom is -0.372 e. The highest BCUT2D eigenvalue weighted by atomic mass is 127. The third kappa shape index (κ3) is 7.28. The van der Waals surface area contributed by atoms with E-state index in [1.807, 2.05) is 18.2 Å². The zero-order valence-corrected chi connectivity index (χ0v) is 18.8. The lowest BCUT2D eigenvalue weighted by Gasteiger charge is -2.17. The van der Waals surface area contributed by atoms with Crippen molar-refractivity contribution in [3.05, 3.63) is 83.4 Å². The first-order chi connectivity index (χ1) is 13.3. The number of nitrogens with one attached hydrogen (secondary N) is 2. The van der Waals surface area contributed by atoms with Crippen LogP contribution in [0.2, 0.25) is 0 Å². The van der Waals surface area contributed by atoms with Crippen LogP contribution in [-0.2, 0) is 24.5 Å². The van der Waals surface area contributed by atoms with Gasteiger partial charge in [-0.15, -0.1) is 24.0 Å². The summed E-state index contributed by atoms with van der Waals surface area (Å²) >= 11 is 0. The summed E-state index contributed by atoms with van der Waals surface area (Å²) in [4.78, 5) is 4.79. The van der Waals surface area contributed by atoms with Gasteiger partial charge in [0.1, 0.15) is 0 Å². The number of halogens is 1. The van der Waals surface area contributed by atoms with E-state index in [2.05, 4.69) is 66.1 Å². The van der Waals surface area contributed by atoms with Crippen molar-refractivity contribution in [2.75, 3.05) is 6.54 Å². The minimum atomic E-state index is 0. The molecule has 0 atom stereocenters. The molecule has 1 aliphatic rings. The van der Waals surface area contributed by atoms with Gasteiger partial charge in [0.15, 0.2) is 5.96 Å². The summed E-state index contributed by atoms with van der Waals surface area (Å²) in [6.45, 7) is 4.80. The van der Waals surface area contributed by atoms with Crippen LogP contribution >= 0.6 is 24.0 Å². The van der Waals surface area contributed by atoms with Crippen LogP contribution in [0.3, 0.4) is 0 Å². The lowest BCUT2D eigenvalue weighted by Crippen LogP contribution is -2.42. The molecule has 2 aromatic rings. The Morgan fingerprint density at radius 1 is 0.964 bits per heavy atom. The molecule has 0 amide bonds. The molecule has 28 heavy (non-hydrogen) atoms. The summed E-state index contributed by atoms with van der Waals surface area (Å²) in [5.74, 6) is 0.881. The second-order valence-corrected chi connectivity index (χ2v) is 6.73. The quantitative estimate of drug-likeness (QED) is 0.242. The van der Waals surface area contributed by atoms with Crippen LogP contribution in [0, 0.1) is 0 Å². The minimum absolute atomic E-state index is 0. The summed E-state index contributed by atoms with van der Waals surface area (Å²) in [5, 5.41) is 6.86. The van der Waals surface area contributed by atoms with Gasteiger partial charge in [-0.2, -0.15) is 0 Å². The zero-order chi connectivity index (χ0) is 18.7. The largest absolute Gasteiger partial charge is 0.372 e. The van der Waals surface area contributed by atoms with Crippen LogP contribution in [0.4, 0.5) is 0 Å². The van der Waals surface area contributed by atoms with Crippen molar-refractivity contribution in [3.8, 4) is 0 Å². The summed E-state index contributed by atoms with van der Waals surface area (Å²) in [6, 6.07) is 19.1. The maximum Gasteiger partial charge on any atom is 0.191 e. The molecule has 2 N–H and O–H groups in total. The molecule has 0 saturated heterocycles. The smallest absolute Gasteiger partial charge is 0.191 e. The molecule has 0 saturated carbocycles. The Balaban J connectivity index is 0.00000280. The molecule has 0 radical (unpaired) electrons. The summed E-state index contributed by atoms with van der Waals surface area (Å²) < 4.78 is 5.92. The first-order valence-corrected chi connectivity index (χ1v) is 9.73. The number of ether oxygens (including phenoxy) is 1. The normalized spacial score (nSPS) is 14.0. The molecule has 5 heteroatoms. The molecule has 0 bridgehead atoms. The molecular formula is C23H30IN3O. The van der Waals surface area contributed by atoms with E-state index < -0.39 is 0 Å². The number of guanidine groups is 1. The highest BCUT2D eigenvalue weighted by Crippen LogP contribution is 2.13. The van der Waals surface area contributed by atoms with Gasteiger partial charge in [0, 0.05) is 12.6 Å². The Kier molecular flexibility index (Phi) is 10.1. The van der Waals surface area contributed by atoms with E-state index in [0.717, 1.165) is 25.3 Å². The fourth-order valence-electron chi connectivity index (χ4n) is 3.12. The Morgan fingerprint density at radius 2 is 1.64 bits per heavy atom. The summed E-state index contributed by atoms with van der Waals surface area (Å²) in [6.07, 6.45) is 6.57. The highest BCUT2D eigenvalue weighted by molar-refractivity contribution is 14.0. The van der Waals surface area contributed by atoms with E-state index in [9.17, 15) is 0 Å². The maximum absolute atomic E-state index is 5.92. The molecule has 4 nitrogen and oxygen atoms in total. The molecular weight excluding hydrogens is 461 g/mol. The number of aliphatic imine (C=N–C) groups is 1. The standard InChI is InChI=1S/C23H29N3O.HI/c1-2-24-23(26-22-14-8-9-15-22)25-16-20-12-6-7-13-21(20)18-27-17-19-10-4-3-5-11-19;/h3-13,22H,2,14-18H2,1H3,(H2,24,25,26);1H. The van der Waals surface area contributed by atoms with Gasteiger partial charge in [-0.25, -0.2) is 4.99 Å². The molecule has 0 heterocycles. The van der Waals surface area contributed by atoms with Crippen LogP contribution in [0.1, 0.15) is 36.5 Å². The van der Waals surface area contributed by atoms with Crippen molar-refractivity contribution in [2.45, 2.75) is 45.6 Å². The van der Waals surface area contributed by atoms with Gasteiger partial charge in [0.05, 0.1) is 19.8 Å². The molecule has 0 spiro atoms. The van der Waals surface area contributed by atoms with E-state index in [1.54, 1.807) is 0 Å². The third-order valence-corrected chi connectivity index (χ3v) is 4.59. The first-order valence-electron chi connectivity index (χ1n) is 9.73. The Morgan fingerprint density at radius 3 is 2.36 bits per heavy atom. The van der Waals surface area contributed by atoms with E-state index in [-0.39, 0.29) is 24.0 Å². The third-order valence-electron chi connectivity index (χ3n) is 4.59. The molecule has 0 aliphatic heterocycles. The zero-order valence-electron chi connectivity index (χ0n) is 16.4. The van der Waals surface area contributed by atoms with Gasteiger partial charge in [-0.05, 0) is 36.5 Å². The second-order valence-electron chi connectivity index (χ2n) is 6.73. The van der Waals surface area contributed by atoms with Crippen molar-refractivity contribution in [2.24, 2.45) is 4.99 Å². The SMILES string of the molecule is CCNC(=NCc1ccccc1COCc1ccccc1)NC1CC=CC1.I. The van der Waals surface area contributed by atoms with Crippen molar-refractivity contribution in [3.63, 3.8) is 0 Å². The number of hydrogen-bond acceptors (Lipinski definition) is 2. The fraction of sp³-hybridized carbons (Fsp3) is 0.348. The molecule has 2 aromatic carbocycles.